The first-order valence-corrected chi connectivity index (χ1v) is 12.0. The molecule has 172 valence electrons. The monoisotopic (exact) mass is 444 g/mol. The van der Waals surface area contributed by atoms with Crippen molar-refractivity contribution in [1.29, 1.82) is 0 Å². The van der Waals surface area contributed by atoms with Crippen molar-refractivity contribution in [3.8, 4) is 5.75 Å². The molecule has 1 aromatic heterocycles. The molecule has 0 N–H and O–H groups in total. The average molecular weight is 445 g/mol. The predicted molar refractivity (Wildman–Crippen MR) is 129 cm³/mol. The maximum absolute atomic E-state index is 14.1. The van der Waals surface area contributed by atoms with Crippen LogP contribution in [0.4, 0.5) is 0 Å². The zero-order chi connectivity index (χ0) is 22.7. The highest BCUT2D eigenvalue weighted by molar-refractivity contribution is 5.89. The van der Waals surface area contributed by atoms with E-state index in [0.29, 0.717) is 19.8 Å². The summed E-state index contributed by atoms with van der Waals surface area (Å²) >= 11 is 0. The van der Waals surface area contributed by atoms with Crippen LogP contribution in [-0.2, 0) is 21.4 Å². The summed E-state index contributed by atoms with van der Waals surface area (Å²) in [5, 5.41) is 2.39. The maximum atomic E-state index is 14.1. The lowest BCUT2D eigenvalue weighted by Gasteiger charge is -2.35. The number of pyridine rings is 1. The second-order valence-electron chi connectivity index (χ2n) is 9.43. The molecule has 1 saturated heterocycles. The Morgan fingerprint density at radius 2 is 1.91 bits per heavy atom. The standard InChI is InChI=1S/C28H32N2O3/c1-32-25-10-8-24(9-11-25)28(12-4-5-13-28)27(31)30-14-15-33-20-21(19-30)16-23-18-29-17-22-6-2-3-7-26(22)23/h2-3,6-11,17-18,21H,4-5,12-16,19-20H2,1H3. The van der Waals surface area contributed by atoms with Crippen LogP contribution in [0.25, 0.3) is 10.8 Å². The molecule has 5 rings (SSSR count). The van der Waals surface area contributed by atoms with Crippen molar-refractivity contribution in [2.24, 2.45) is 5.92 Å². The van der Waals surface area contributed by atoms with Crippen LogP contribution in [0, 0.1) is 5.92 Å². The first-order valence-electron chi connectivity index (χ1n) is 12.0. The highest BCUT2D eigenvalue weighted by Gasteiger charge is 2.45. The first kappa shape index (κ1) is 21.9. The number of carbonyl (C=O) groups excluding carboxylic acids is 1. The number of carbonyl (C=O) groups is 1. The number of aromatic nitrogens is 1. The highest BCUT2D eigenvalue weighted by Crippen LogP contribution is 2.43. The van der Waals surface area contributed by atoms with Crippen molar-refractivity contribution in [3.05, 3.63) is 72.1 Å². The normalized spacial score (nSPS) is 20.5. The Balaban J connectivity index is 1.39. The van der Waals surface area contributed by atoms with Crippen molar-refractivity contribution >= 4 is 16.7 Å². The van der Waals surface area contributed by atoms with E-state index in [9.17, 15) is 4.79 Å². The van der Waals surface area contributed by atoms with Crippen LogP contribution < -0.4 is 4.74 Å². The molecule has 0 radical (unpaired) electrons. The fourth-order valence-electron chi connectivity index (χ4n) is 5.66. The zero-order valence-corrected chi connectivity index (χ0v) is 19.3. The molecular formula is C28H32N2O3. The van der Waals surface area contributed by atoms with Crippen LogP contribution in [0.2, 0.25) is 0 Å². The number of nitrogens with zero attached hydrogens (tertiary/aromatic N) is 2. The molecule has 33 heavy (non-hydrogen) atoms. The largest absolute Gasteiger partial charge is 0.497 e. The Hall–Kier alpha value is -2.92. The van der Waals surface area contributed by atoms with Crippen molar-refractivity contribution < 1.29 is 14.3 Å². The number of rotatable bonds is 5. The van der Waals surface area contributed by atoms with Gasteiger partial charge in [0, 0.05) is 36.8 Å². The van der Waals surface area contributed by atoms with Crippen molar-refractivity contribution in [3.63, 3.8) is 0 Å². The fourth-order valence-corrected chi connectivity index (χ4v) is 5.66. The Bertz CT molecular complexity index is 1100. The number of hydrogen-bond donors (Lipinski definition) is 0. The van der Waals surface area contributed by atoms with E-state index in [0.717, 1.165) is 55.3 Å². The molecule has 2 aromatic carbocycles. The zero-order valence-electron chi connectivity index (χ0n) is 19.3. The number of hydrogen-bond acceptors (Lipinski definition) is 4. The average Bonchev–Trinajstić information content (AvgIpc) is 3.25. The highest BCUT2D eigenvalue weighted by atomic mass is 16.5. The molecule has 2 aliphatic rings. The van der Waals surface area contributed by atoms with Crippen molar-refractivity contribution in [2.45, 2.75) is 37.5 Å². The Kier molecular flexibility index (Phi) is 6.32. The van der Waals surface area contributed by atoms with Crippen LogP contribution >= 0.6 is 0 Å². The van der Waals surface area contributed by atoms with Gasteiger partial charge in [-0.05, 0) is 47.9 Å². The van der Waals surface area contributed by atoms with Crippen LogP contribution in [0.3, 0.4) is 0 Å². The van der Waals surface area contributed by atoms with Gasteiger partial charge in [-0.25, -0.2) is 0 Å². The number of ether oxygens (including phenoxy) is 2. The van der Waals surface area contributed by atoms with E-state index in [1.165, 1.54) is 10.9 Å². The molecule has 2 fully saturated rings. The number of benzene rings is 2. The molecule has 3 aromatic rings. The van der Waals surface area contributed by atoms with E-state index in [2.05, 4.69) is 40.2 Å². The Morgan fingerprint density at radius 1 is 1.12 bits per heavy atom. The van der Waals surface area contributed by atoms with Gasteiger partial charge in [0.1, 0.15) is 5.75 Å². The number of fused-ring (bicyclic) bond motifs is 1. The summed E-state index contributed by atoms with van der Waals surface area (Å²) in [5.41, 5.74) is 1.91. The Morgan fingerprint density at radius 3 is 2.70 bits per heavy atom. The summed E-state index contributed by atoms with van der Waals surface area (Å²) in [4.78, 5) is 20.6. The molecule has 1 unspecified atom stereocenters. The van der Waals surface area contributed by atoms with Crippen LogP contribution in [-0.4, -0.2) is 49.2 Å². The summed E-state index contributed by atoms with van der Waals surface area (Å²) in [7, 11) is 1.67. The minimum absolute atomic E-state index is 0.248. The SMILES string of the molecule is COc1ccc(C2(C(=O)N3CCOCC(Cc4cncc5ccccc45)C3)CCCC2)cc1. The second kappa shape index (κ2) is 9.52. The van der Waals surface area contributed by atoms with Gasteiger partial charge in [0.25, 0.3) is 0 Å². The van der Waals surface area contributed by atoms with E-state index < -0.39 is 5.41 Å². The molecule has 5 nitrogen and oxygen atoms in total. The molecule has 1 aliphatic carbocycles. The van der Waals surface area contributed by atoms with Crippen LogP contribution in [0.15, 0.2) is 60.9 Å². The third-order valence-corrected chi connectivity index (χ3v) is 7.39. The molecule has 0 spiro atoms. The van der Waals surface area contributed by atoms with Gasteiger partial charge in [-0.1, -0.05) is 49.2 Å². The van der Waals surface area contributed by atoms with Crippen LogP contribution in [0.1, 0.15) is 36.8 Å². The summed E-state index contributed by atoms with van der Waals surface area (Å²) < 4.78 is 11.3. The lowest BCUT2D eigenvalue weighted by molar-refractivity contribution is -0.137. The van der Waals surface area contributed by atoms with E-state index >= 15 is 0 Å². The lowest BCUT2D eigenvalue weighted by atomic mass is 9.77. The van der Waals surface area contributed by atoms with Gasteiger partial charge in [-0.2, -0.15) is 0 Å². The molecule has 1 saturated carbocycles. The van der Waals surface area contributed by atoms with Gasteiger partial charge in [-0.3, -0.25) is 9.78 Å². The predicted octanol–water partition coefficient (Wildman–Crippen LogP) is 4.77. The maximum Gasteiger partial charge on any atom is 0.233 e. The van der Waals surface area contributed by atoms with E-state index in [4.69, 9.17) is 9.47 Å². The quantitative estimate of drug-likeness (QED) is 0.569. The van der Waals surface area contributed by atoms with Gasteiger partial charge < -0.3 is 14.4 Å². The van der Waals surface area contributed by atoms with E-state index in [-0.39, 0.29) is 11.8 Å². The summed E-state index contributed by atoms with van der Waals surface area (Å²) in [5.74, 6) is 1.33. The number of amides is 1. The molecule has 2 heterocycles. The van der Waals surface area contributed by atoms with Crippen molar-refractivity contribution in [1.82, 2.24) is 9.88 Å². The number of methoxy groups -OCH3 is 1. The molecule has 0 bridgehead atoms. The molecule has 1 aliphatic heterocycles. The summed E-state index contributed by atoms with van der Waals surface area (Å²) in [6.45, 7) is 2.64. The van der Waals surface area contributed by atoms with Crippen LogP contribution in [0.5, 0.6) is 5.75 Å². The topological polar surface area (TPSA) is 51.7 Å². The summed E-state index contributed by atoms with van der Waals surface area (Å²) in [6.07, 6.45) is 8.74. The molecule has 1 amide bonds. The fraction of sp³-hybridized carbons (Fsp3) is 0.429. The van der Waals surface area contributed by atoms with Gasteiger partial charge in [0.2, 0.25) is 5.91 Å². The smallest absolute Gasteiger partial charge is 0.233 e. The van der Waals surface area contributed by atoms with Gasteiger partial charge in [0.05, 0.1) is 25.7 Å². The minimum Gasteiger partial charge on any atom is -0.497 e. The van der Waals surface area contributed by atoms with Crippen molar-refractivity contribution in [2.75, 3.05) is 33.4 Å². The molecular weight excluding hydrogens is 412 g/mol. The summed E-state index contributed by atoms with van der Waals surface area (Å²) in [6, 6.07) is 16.5. The minimum atomic E-state index is -0.428. The molecule has 5 heteroatoms. The first-order chi connectivity index (χ1) is 16.2. The van der Waals surface area contributed by atoms with E-state index in [1.807, 2.05) is 30.6 Å². The van der Waals surface area contributed by atoms with Gasteiger partial charge >= 0.3 is 0 Å². The third kappa shape index (κ3) is 4.34. The lowest BCUT2D eigenvalue weighted by Crippen LogP contribution is -2.47. The van der Waals surface area contributed by atoms with Gasteiger partial charge in [-0.15, -0.1) is 0 Å². The third-order valence-electron chi connectivity index (χ3n) is 7.39. The molecule has 1 atom stereocenters. The van der Waals surface area contributed by atoms with E-state index in [1.54, 1.807) is 7.11 Å². The second-order valence-corrected chi connectivity index (χ2v) is 9.43. The Labute approximate surface area is 195 Å². The van der Waals surface area contributed by atoms with Gasteiger partial charge in [0.15, 0.2) is 0 Å².